The van der Waals surface area contributed by atoms with Crippen molar-refractivity contribution in [3.63, 3.8) is 0 Å². The number of hydrogen-bond donors (Lipinski definition) is 3. The van der Waals surface area contributed by atoms with Gasteiger partial charge >= 0.3 is 12.1 Å². The lowest BCUT2D eigenvalue weighted by molar-refractivity contribution is -0.139. The monoisotopic (exact) mass is 549 g/mol. The number of carbonyl (C=O) groups excluding carboxylic acids is 2. The Balaban J connectivity index is 1.14. The number of carboxylic acids is 1. The van der Waals surface area contributed by atoms with Gasteiger partial charge in [-0.1, -0.05) is 78.9 Å². The molecule has 0 aromatic heterocycles. The predicted molar refractivity (Wildman–Crippen MR) is 157 cm³/mol. The number of ether oxygens (including phenoxy) is 1. The molecule has 0 radical (unpaired) electrons. The first-order valence-corrected chi connectivity index (χ1v) is 13.4. The van der Waals surface area contributed by atoms with Crippen LogP contribution in [0.3, 0.4) is 0 Å². The maximum absolute atomic E-state index is 12.8. The zero-order valence-corrected chi connectivity index (χ0v) is 22.6. The molecule has 0 saturated heterocycles. The molecule has 0 fully saturated rings. The van der Waals surface area contributed by atoms with Crippen molar-refractivity contribution in [2.75, 3.05) is 25.5 Å². The number of carboxylic acid groups (broad SMARTS) is 1. The van der Waals surface area contributed by atoms with Crippen molar-refractivity contribution in [2.24, 2.45) is 0 Å². The second-order valence-electron chi connectivity index (χ2n) is 10.1. The molecule has 1 aliphatic carbocycles. The van der Waals surface area contributed by atoms with Crippen LogP contribution in [-0.2, 0) is 16.1 Å². The minimum Gasteiger partial charge on any atom is -0.480 e. The van der Waals surface area contributed by atoms with Crippen molar-refractivity contribution in [1.82, 2.24) is 10.2 Å². The van der Waals surface area contributed by atoms with Crippen LogP contribution in [0.5, 0.6) is 0 Å². The minimum absolute atomic E-state index is 0.0480. The summed E-state index contributed by atoms with van der Waals surface area (Å²) in [5.74, 6) is -1.68. The number of nitrogens with one attached hydrogen (secondary N) is 2. The number of fused-ring (bicyclic) bond motifs is 3. The summed E-state index contributed by atoms with van der Waals surface area (Å²) >= 11 is 0. The summed E-state index contributed by atoms with van der Waals surface area (Å²) in [5, 5.41) is 14.9. The second kappa shape index (κ2) is 12.5. The number of anilines is 1. The van der Waals surface area contributed by atoms with Gasteiger partial charge in [0.2, 0.25) is 0 Å². The zero-order valence-electron chi connectivity index (χ0n) is 22.6. The number of rotatable bonds is 10. The van der Waals surface area contributed by atoms with E-state index in [1.165, 1.54) is 12.1 Å². The third-order valence-corrected chi connectivity index (χ3v) is 7.13. The Morgan fingerprint density at radius 1 is 0.829 bits per heavy atom. The number of amides is 2. The van der Waals surface area contributed by atoms with E-state index in [1.54, 1.807) is 19.2 Å². The number of nitrogens with zero attached hydrogens (tertiary/aromatic N) is 1. The van der Waals surface area contributed by atoms with Crippen molar-refractivity contribution in [2.45, 2.75) is 18.5 Å². The van der Waals surface area contributed by atoms with E-state index in [9.17, 15) is 19.5 Å². The molecule has 41 heavy (non-hydrogen) atoms. The highest BCUT2D eigenvalue weighted by atomic mass is 16.5. The van der Waals surface area contributed by atoms with Crippen LogP contribution < -0.4 is 10.6 Å². The molecule has 0 spiro atoms. The topological polar surface area (TPSA) is 108 Å². The highest BCUT2D eigenvalue weighted by Crippen LogP contribution is 2.44. The smallest absolute Gasteiger partial charge is 0.411 e. The van der Waals surface area contributed by atoms with Crippen LogP contribution in [0, 0.1) is 0 Å². The fourth-order valence-corrected chi connectivity index (χ4v) is 5.16. The van der Waals surface area contributed by atoms with Gasteiger partial charge in [0, 0.05) is 30.3 Å². The largest absolute Gasteiger partial charge is 0.480 e. The number of likely N-dealkylation sites (N-methyl/N-ethyl adjacent to an activating group) is 1. The van der Waals surface area contributed by atoms with Crippen LogP contribution in [0.15, 0.2) is 103 Å². The Labute approximate surface area is 238 Å². The maximum Gasteiger partial charge on any atom is 0.411 e. The van der Waals surface area contributed by atoms with Gasteiger partial charge in [-0.15, -0.1) is 0 Å². The molecular weight excluding hydrogens is 518 g/mol. The molecular formula is C33H31N3O5. The fraction of sp³-hybridized carbons (Fsp3) is 0.182. The Morgan fingerprint density at radius 3 is 2.02 bits per heavy atom. The standard InChI is InChI=1S/C33H31N3O5/c1-36(19-22-9-3-2-4-10-22)20-30(32(38)39)35-31(37)23-15-17-24(18-16-23)34-33(40)41-21-29-27-13-7-5-11-25(27)26-12-6-8-14-28(26)29/h2-18,29-30H,19-21H2,1H3,(H,34,40)(H,35,37)(H,38,39). The van der Waals surface area contributed by atoms with E-state index in [0.717, 1.165) is 27.8 Å². The first-order chi connectivity index (χ1) is 19.9. The molecule has 4 aromatic carbocycles. The SMILES string of the molecule is CN(Cc1ccccc1)CC(NC(=O)c1ccc(NC(=O)OCC2c3ccccc3-c3ccccc32)cc1)C(=O)O. The zero-order chi connectivity index (χ0) is 28.8. The van der Waals surface area contributed by atoms with Gasteiger partial charge in [0.15, 0.2) is 0 Å². The van der Waals surface area contributed by atoms with E-state index in [1.807, 2.05) is 59.5 Å². The van der Waals surface area contributed by atoms with Gasteiger partial charge in [-0.25, -0.2) is 9.59 Å². The molecule has 1 aliphatic rings. The highest BCUT2D eigenvalue weighted by molar-refractivity contribution is 5.97. The molecule has 0 heterocycles. The number of aliphatic carboxylic acids is 1. The molecule has 1 atom stereocenters. The number of hydrogen-bond acceptors (Lipinski definition) is 5. The highest BCUT2D eigenvalue weighted by Gasteiger charge is 2.29. The normalized spacial score (nSPS) is 12.7. The van der Waals surface area contributed by atoms with Crippen molar-refractivity contribution >= 4 is 23.7 Å². The van der Waals surface area contributed by atoms with Crippen LogP contribution in [0.25, 0.3) is 11.1 Å². The van der Waals surface area contributed by atoms with E-state index in [0.29, 0.717) is 12.2 Å². The molecule has 8 heteroatoms. The van der Waals surface area contributed by atoms with Gasteiger partial charge in [0.05, 0.1) is 0 Å². The van der Waals surface area contributed by atoms with Gasteiger partial charge in [0.1, 0.15) is 12.6 Å². The van der Waals surface area contributed by atoms with Crippen molar-refractivity contribution in [1.29, 1.82) is 0 Å². The minimum atomic E-state index is -1.12. The van der Waals surface area contributed by atoms with Gasteiger partial charge in [-0.05, 0) is 59.1 Å². The number of benzene rings is 4. The summed E-state index contributed by atoms with van der Waals surface area (Å²) in [6.07, 6.45) is -0.601. The third-order valence-electron chi connectivity index (χ3n) is 7.13. The Bertz CT molecular complexity index is 1490. The van der Waals surface area contributed by atoms with Crippen molar-refractivity contribution in [3.8, 4) is 11.1 Å². The molecule has 1 unspecified atom stereocenters. The second-order valence-corrected chi connectivity index (χ2v) is 10.1. The first kappa shape index (κ1) is 27.6. The molecule has 8 nitrogen and oxygen atoms in total. The molecule has 2 amide bonds. The van der Waals surface area contributed by atoms with Gasteiger partial charge in [-0.2, -0.15) is 0 Å². The summed E-state index contributed by atoms with van der Waals surface area (Å²) in [4.78, 5) is 39.0. The van der Waals surface area contributed by atoms with Crippen LogP contribution in [0.4, 0.5) is 10.5 Å². The average molecular weight is 550 g/mol. The summed E-state index contributed by atoms with van der Waals surface area (Å²) < 4.78 is 5.58. The number of carbonyl (C=O) groups is 3. The van der Waals surface area contributed by atoms with Crippen LogP contribution in [-0.4, -0.2) is 54.2 Å². The van der Waals surface area contributed by atoms with E-state index in [4.69, 9.17) is 4.74 Å². The molecule has 0 aliphatic heterocycles. The molecule has 3 N–H and O–H groups in total. The van der Waals surface area contributed by atoms with E-state index in [2.05, 4.69) is 34.9 Å². The lowest BCUT2D eigenvalue weighted by Gasteiger charge is -2.22. The Morgan fingerprint density at radius 2 is 1.41 bits per heavy atom. The maximum atomic E-state index is 12.8. The summed E-state index contributed by atoms with van der Waals surface area (Å²) in [7, 11) is 1.80. The third kappa shape index (κ3) is 6.62. The van der Waals surface area contributed by atoms with Gasteiger partial charge in [0.25, 0.3) is 5.91 Å². The van der Waals surface area contributed by atoms with Gasteiger partial charge < -0.3 is 15.2 Å². The lowest BCUT2D eigenvalue weighted by Crippen LogP contribution is -2.47. The molecule has 208 valence electrons. The van der Waals surface area contributed by atoms with Crippen LogP contribution in [0.1, 0.15) is 33.0 Å². The molecule has 4 aromatic rings. The predicted octanol–water partition coefficient (Wildman–Crippen LogP) is 5.36. The lowest BCUT2D eigenvalue weighted by atomic mass is 9.98. The van der Waals surface area contributed by atoms with E-state index < -0.39 is 24.0 Å². The van der Waals surface area contributed by atoms with E-state index in [-0.39, 0.29) is 24.6 Å². The van der Waals surface area contributed by atoms with Crippen LogP contribution in [0.2, 0.25) is 0 Å². The molecule has 0 bridgehead atoms. The first-order valence-electron chi connectivity index (χ1n) is 13.4. The summed E-state index contributed by atoms with van der Waals surface area (Å²) in [5.41, 5.74) is 6.34. The quantitative estimate of drug-likeness (QED) is 0.246. The fourth-order valence-electron chi connectivity index (χ4n) is 5.16. The summed E-state index contributed by atoms with van der Waals surface area (Å²) in [6, 6.07) is 31.0. The Kier molecular flexibility index (Phi) is 8.41. The Hall–Kier alpha value is -4.95. The van der Waals surface area contributed by atoms with Gasteiger partial charge in [-0.3, -0.25) is 15.0 Å². The summed E-state index contributed by atoms with van der Waals surface area (Å²) in [6.45, 7) is 0.879. The van der Waals surface area contributed by atoms with Crippen molar-refractivity contribution in [3.05, 3.63) is 125 Å². The van der Waals surface area contributed by atoms with Crippen molar-refractivity contribution < 1.29 is 24.2 Å². The van der Waals surface area contributed by atoms with Crippen LogP contribution >= 0.6 is 0 Å². The molecule has 0 saturated carbocycles. The average Bonchev–Trinajstić information content (AvgIpc) is 3.30. The van der Waals surface area contributed by atoms with E-state index >= 15 is 0 Å². The molecule has 5 rings (SSSR count).